The number of benzene rings is 1. The number of piperazine rings is 1. The van der Waals surface area contributed by atoms with Gasteiger partial charge in [-0.05, 0) is 38.5 Å². The van der Waals surface area contributed by atoms with E-state index in [-0.39, 0.29) is 17.2 Å². The van der Waals surface area contributed by atoms with Crippen LogP contribution in [0.2, 0.25) is 0 Å². The largest absolute Gasteiger partial charge is 0.507 e. The molecule has 0 aromatic heterocycles. The van der Waals surface area contributed by atoms with Gasteiger partial charge in [0.15, 0.2) is 0 Å². The summed E-state index contributed by atoms with van der Waals surface area (Å²) in [4.78, 5) is 14.3. The van der Waals surface area contributed by atoms with Crippen LogP contribution in [0, 0.1) is 6.92 Å². The van der Waals surface area contributed by atoms with E-state index < -0.39 is 0 Å². The summed E-state index contributed by atoms with van der Waals surface area (Å²) in [5, 5.41) is 13.2. The monoisotopic (exact) mass is 248 g/mol. The molecule has 18 heavy (non-hydrogen) atoms. The molecule has 98 valence electrons. The average Bonchev–Trinajstić information content (AvgIpc) is 2.27. The number of aryl methyl sites for hydroxylation is 1. The van der Waals surface area contributed by atoms with Crippen LogP contribution in [0.4, 0.5) is 0 Å². The molecule has 4 nitrogen and oxygen atoms in total. The number of rotatable bonds is 1. The van der Waals surface area contributed by atoms with E-state index in [1.54, 1.807) is 12.1 Å². The number of hydrogen-bond acceptors (Lipinski definition) is 3. The van der Waals surface area contributed by atoms with Crippen molar-refractivity contribution in [1.82, 2.24) is 10.2 Å². The number of carbonyl (C=O) groups excluding carboxylic acids is 1. The molecule has 2 rings (SSSR count). The first-order chi connectivity index (χ1) is 8.42. The normalized spacial score (nSPS) is 18.7. The second-order valence-corrected chi connectivity index (χ2v) is 5.47. The summed E-state index contributed by atoms with van der Waals surface area (Å²) in [6, 6.07) is 5.18. The second-order valence-electron chi connectivity index (χ2n) is 5.47. The van der Waals surface area contributed by atoms with Crippen LogP contribution in [0.15, 0.2) is 18.2 Å². The summed E-state index contributed by atoms with van der Waals surface area (Å²) >= 11 is 0. The summed E-state index contributed by atoms with van der Waals surface area (Å²) in [6.07, 6.45) is 0. The van der Waals surface area contributed by atoms with E-state index in [2.05, 4.69) is 5.32 Å². The zero-order valence-corrected chi connectivity index (χ0v) is 11.2. The van der Waals surface area contributed by atoms with Crippen molar-refractivity contribution in [3.63, 3.8) is 0 Å². The maximum atomic E-state index is 12.5. The molecule has 1 aliphatic rings. The molecule has 0 spiro atoms. The summed E-state index contributed by atoms with van der Waals surface area (Å²) < 4.78 is 0. The first-order valence-electron chi connectivity index (χ1n) is 6.24. The number of carbonyl (C=O) groups is 1. The smallest absolute Gasteiger partial charge is 0.258 e. The lowest BCUT2D eigenvalue weighted by molar-refractivity contribution is 0.0474. The fourth-order valence-corrected chi connectivity index (χ4v) is 2.33. The number of hydrogen-bond donors (Lipinski definition) is 2. The predicted octanol–water partition coefficient (Wildman–Crippen LogP) is 1.52. The Morgan fingerprint density at radius 2 is 2.17 bits per heavy atom. The number of nitrogens with zero attached hydrogens (tertiary/aromatic N) is 1. The van der Waals surface area contributed by atoms with Gasteiger partial charge >= 0.3 is 0 Å². The first kappa shape index (κ1) is 12.9. The molecule has 1 fully saturated rings. The second kappa shape index (κ2) is 4.61. The SMILES string of the molecule is Cc1ccc(C(=O)N2CCNCC2(C)C)c(O)c1. The van der Waals surface area contributed by atoms with Gasteiger partial charge in [0, 0.05) is 19.6 Å². The minimum absolute atomic E-state index is 0.0642. The third-order valence-corrected chi connectivity index (χ3v) is 3.43. The minimum atomic E-state index is -0.230. The molecule has 1 aromatic carbocycles. The van der Waals surface area contributed by atoms with Gasteiger partial charge in [-0.2, -0.15) is 0 Å². The van der Waals surface area contributed by atoms with Crippen LogP contribution in [-0.4, -0.2) is 41.1 Å². The van der Waals surface area contributed by atoms with Gasteiger partial charge in [-0.25, -0.2) is 0 Å². The van der Waals surface area contributed by atoms with Gasteiger partial charge in [-0.1, -0.05) is 6.07 Å². The molecule has 1 aromatic rings. The zero-order chi connectivity index (χ0) is 13.3. The topological polar surface area (TPSA) is 52.6 Å². The van der Waals surface area contributed by atoms with Crippen molar-refractivity contribution in [3.05, 3.63) is 29.3 Å². The Hall–Kier alpha value is -1.55. The lowest BCUT2D eigenvalue weighted by Gasteiger charge is -2.42. The average molecular weight is 248 g/mol. The van der Waals surface area contributed by atoms with Crippen LogP contribution < -0.4 is 5.32 Å². The van der Waals surface area contributed by atoms with Crippen LogP contribution in [-0.2, 0) is 0 Å². The summed E-state index contributed by atoms with van der Waals surface area (Å²) in [5.41, 5.74) is 1.10. The Morgan fingerprint density at radius 1 is 1.44 bits per heavy atom. The molecule has 0 aliphatic carbocycles. The summed E-state index contributed by atoms with van der Waals surface area (Å²) in [5.74, 6) is -0.0340. The minimum Gasteiger partial charge on any atom is -0.507 e. The number of nitrogens with one attached hydrogen (secondary N) is 1. The molecule has 1 saturated heterocycles. The highest BCUT2D eigenvalue weighted by atomic mass is 16.3. The third-order valence-electron chi connectivity index (χ3n) is 3.43. The lowest BCUT2D eigenvalue weighted by Crippen LogP contribution is -2.59. The molecule has 0 radical (unpaired) electrons. The Kier molecular flexibility index (Phi) is 3.30. The highest BCUT2D eigenvalue weighted by Gasteiger charge is 2.34. The van der Waals surface area contributed by atoms with Crippen LogP contribution >= 0.6 is 0 Å². The molecule has 1 aliphatic heterocycles. The van der Waals surface area contributed by atoms with E-state index in [9.17, 15) is 9.90 Å². The maximum Gasteiger partial charge on any atom is 0.258 e. The predicted molar refractivity (Wildman–Crippen MR) is 70.8 cm³/mol. The van der Waals surface area contributed by atoms with E-state index in [1.165, 1.54) is 0 Å². The molecule has 0 atom stereocenters. The third kappa shape index (κ3) is 2.34. The van der Waals surface area contributed by atoms with Gasteiger partial charge in [-0.15, -0.1) is 0 Å². The number of aromatic hydroxyl groups is 1. The Bertz CT molecular complexity index is 469. The van der Waals surface area contributed by atoms with Crippen molar-refractivity contribution in [3.8, 4) is 5.75 Å². The Labute approximate surface area is 108 Å². The van der Waals surface area contributed by atoms with E-state index in [4.69, 9.17) is 0 Å². The Morgan fingerprint density at radius 3 is 2.78 bits per heavy atom. The molecule has 1 heterocycles. The van der Waals surface area contributed by atoms with Crippen molar-refractivity contribution < 1.29 is 9.90 Å². The quantitative estimate of drug-likeness (QED) is 0.792. The molecule has 0 bridgehead atoms. The zero-order valence-electron chi connectivity index (χ0n) is 11.2. The number of phenols is 1. The summed E-state index contributed by atoms with van der Waals surface area (Å²) in [7, 11) is 0. The standard InChI is InChI=1S/C14H20N2O2/c1-10-4-5-11(12(17)8-10)13(18)16-7-6-15-9-14(16,2)3/h4-5,8,15,17H,6-7,9H2,1-3H3. The number of amides is 1. The van der Waals surface area contributed by atoms with Gasteiger partial charge in [0.05, 0.1) is 11.1 Å². The first-order valence-corrected chi connectivity index (χ1v) is 6.24. The van der Waals surface area contributed by atoms with Crippen molar-refractivity contribution >= 4 is 5.91 Å². The number of phenolic OH excluding ortho intramolecular Hbond substituents is 1. The molecule has 0 unspecified atom stereocenters. The van der Waals surface area contributed by atoms with Gasteiger partial charge in [0.25, 0.3) is 5.91 Å². The van der Waals surface area contributed by atoms with E-state index in [0.29, 0.717) is 12.1 Å². The highest BCUT2D eigenvalue weighted by Crippen LogP contribution is 2.25. The van der Waals surface area contributed by atoms with Gasteiger partial charge in [0.1, 0.15) is 5.75 Å². The van der Waals surface area contributed by atoms with E-state index in [0.717, 1.165) is 18.7 Å². The van der Waals surface area contributed by atoms with Crippen molar-refractivity contribution in [1.29, 1.82) is 0 Å². The van der Waals surface area contributed by atoms with E-state index >= 15 is 0 Å². The van der Waals surface area contributed by atoms with Crippen LogP contribution in [0.1, 0.15) is 29.8 Å². The van der Waals surface area contributed by atoms with Crippen molar-refractivity contribution in [2.75, 3.05) is 19.6 Å². The molecular weight excluding hydrogens is 228 g/mol. The molecule has 2 N–H and O–H groups in total. The van der Waals surface area contributed by atoms with Crippen LogP contribution in [0.25, 0.3) is 0 Å². The molecular formula is C14H20N2O2. The van der Waals surface area contributed by atoms with Crippen LogP contribution in [0.3, 0.4) is 0 Å². The Balaban J connectivity index is 2.30. The molecule has 1 amide bonds. The fourth-order valence-electron chi connectivity index (χ4n) is 2.33. The molecule has 0 saturated carbocycles. The fraction of sp³-hybridized carbons (Fsp3) is 0.500. The van der Waals surface area contributed by atoms with Gasteiger partial charge < -0.3 is 15.3 Å². The van der Waals surface area contributed by atoms with Crippen molar-refractivity contribution in [2.45, 2.75) is 26.3 Å². The lowest BCUT2D eigenvalue weighted by atomic mass is 9.98. The van der Waals surface area contributed by atoms with E-state index in [1.807, 2.05) is 31.7 Å². The summed E-state index contributed by atoms with van der Waals surface area (Å²) in [6.45, 7) is 8.18. The van der Waals surface area contributed by atoms with Gasteiger partial charge in [0.2, 0.25) is 0 Å². The van der Waals surface area contributed by atoms with Crippen LogP contribution in [0.5, 0.6) is 5.75 Å². The van der Waals surface area contributed by atoms with Crippen molar-refractivity contribution in [2.24, 2.45) is 0 Å². The maximum absolute atomic E-state index is 12.5. The highest BCUT2D eigenvalue weighted by molar-refractivity contribution is 5.97. The molecule has 4 heteroatoms. The van der Waals surface area contributed by atoms with Gasteiger partial charge in [-0.3, -0.25) is 4.79 Å².